The third-order valence-corrected chi connectivity index (χ3v) is 3.81. The lowest BCUT2D eigenvalue weighted by atomic mass is 10.1. The van der Waals surface area contributed by atoms with Gasteiger partial charge in [-0.15, -0.1) is 5.10 Å². The average Bonchev–Trinajstić information content (AvgIpc) is 2.93. The van der Waals surface area contributed by atoms with Crippen LogP contribution in [0.3, 0.4) is 0 Å². The number of rotatable bonds is 2. The first kappa shape index (κ1) is 14.5. The maximum atomic E-state index is 6.44. The van der Waals surface area contributed by atoms with Crippen molar-refractivity contribution in [2.24, 2.45) is 0 Å². The Morgan fingerprint density at radius 2 is 2.00 bits per heavy atom. The summed E-state index contributed by atoms with van der Waals surface area (Å²) in [4.78, 5) is 13.1. The number of nitrogens with two attached hydrogens (primary N) is 1. The number of halogens is 1. The Bertz CT molecular complexity index is 878. The smallest absolute Gasteiger partial charge is 0.223 e. The van der Waals surface area contributed by atoms with Crippen LogP contribution in [0, 0.1) is 6.92 Å². The van der Waals surface area contributed by atoms with Gasteiger partial charge in [-0.25, -0.2) is 9.97 Å². The lowest BCUT2D eigenvalue weighted by molar-refractivity contribution is 0.926. The number of nitrogen functional groups attached to an aromatic ring is 1. The quantitative estimate of drug-likeness (QED) is 0.786. The summed E-state index contributed by atoms with van der Waals surface area (Å²) in [6.45, 7) is 5.72. The molecule has 0 fully saturated rings. The summed E-state index contributed by atoms with van der Waals surface area (Å²) >= 11 is 6.44. The minimum atomic E-state index is 0.268. The minimum absolute atomic E-state index is 0.268. The highest BCUT2D eigenvalue weighted by molar-refractivity contribution is 6.50. The van der Waals surface area contributed by atoms with E-state index in [1.165, 1.54) is 4.52 Å². The molecular weight excluding hydrogens is 300 g/mol. The summed E-state index contributed by atoms with van der Waals surface area (Å²) in [5, 5.41) is 5.01. The molecule has 3 aromatic heterocycles. The van der Waals surface area contributed by atoms with Crippen LogP contribution in [0.25, 0.3) is 22.2 Å². The molecule has 0 radical (unpaired) electrons. The Morgan fingerprint density at radius 3 is 2.64 bits per heavy atom. The molecule has 0 saturated carbocycles. The molecule has 0 atom stereocenters. The first-order chi connectivity index (χ1) is 10.5. The molecule has 0 saturated heterocycles. The lowest BCUT2D eigenvalue weighted by Crippen LogP contribution is -2.06. The van der Waals surface area contributed by atoms with E-state index in [0.717, 1.165) is 16.8 Å². The third-order valence-electron chi connectivity index (χ3n) is 3.24. The fourth-order valence-electron chi connectivity index (χ4n) is 2.18. The maximum absolute atomic E-state index is 6.44. The molecule has 0 unspecified atom stereocenters. The number of aromatic nitrogens is 5. The summed E-state index contributed by atoms with van der Waals surface area (Å²) in [5.41, 5.74) is 9.65. The summed E-state index contributed by atoms with van der Waals surface area (Å²) in [7, 11) is 0. The molecule has 3 aromatic rings. The van der Waals surface area contributed by atoms with Crippen molar-refractivity contribution in [2.45, 2.75) is 20.8 Å². The highest BCUT2D eigenvalue weighted by Crippen LogP contribution is 2.30. The zero-order valence-corrected chi connectivity index (χ0v) is 13.3. The molecular formula is C15H15ClN6. The second kappa shape index (κ2) is 5.38. The van der Waals surface area contributed by atoms with Gasteiger partial charge < -0.3 is 5.73 Å². The largest absolute Gasteiger partial charge is 0.368 e. The monoisotopic (exact) mass is 314 g/mol. The van der Waals surface area contributed by atoms with E-state index in [1.807, 2.05) is 39.0 Å². The van der Waals surface area contributed by atoms with E-state index in [-0.39, 0.29) is 5.95 Å². The van der Waals surface area contributed by atoms with E-state index in [9.17, 15) is 0 Å². The number of aryl methyl sites for hydroxylation is 1. The molecule has 22 heavy (non-hydrogen) atoms. The number of hydrogen-bond acceptors (Lipinski definition) is 5. The van der Waals surface area contributed by atoms with E-state index >= 15 is 0 Å². The number of hydrogen-bond donors (Lipinski definition) is 1. The molecule has 0 aromatic carbocycles. The molecule has 112 valence electrons. The fourth-order valence-corrected chi connectivity index (χ4v) is 2.40. The minimum Gasteiger partial charge on any atom is -0.368 e. The van der Waals surface area contributed by atoms with Gasteiger partial charge in [0.15, 0.2) is 5.65 Å². The Labute approximate surface area is 132 Å². The Hall–Kier alpha value is -2.47. The molecule has 0 bridgehead atoms. The van der Waals surface area contributed by atoms with Crippen LogP contribution in [0.15, 0.2) is 30.0 Å². The van der Waals surface area contributed by atoms with E-state index < -0.39 is 0 Å². The van der Waals surface area contributed by atoms with E-state index in [0.29, 0.717) is 22.2 Å². The number of nitrogens with zero attached hydrogens (tertiary/aromatic N) is 5. The van der Waals surface area contributed by atoms with Gasteiger partial charge in [-0.05, 0) is 32.9 Å². The summed E-state index contributed by atoms with van der Waals surface area (Å²) in [6, 6.07) is 5.56. The average molecular weight is 315 g/mol. The number of fused-ring (bicyclic) bond motifs is 1. The van der Waals surface area contributed by atoms with Gasteiger partial charge >= 0.3 is 0 Å². The number of anilines is 1. The van der Waals surface area contributed by atoms with Crippen molar-refractivity contribution in [3.05, 3.63) is 41.2 Å². The van der Waals surface area contributed by atoms with Crippen molar-refractivity contribution in [1.29, 1.82) is 0 Å². The van der Waals surface area contributed by atoms with Crippen molar-refractivity contribution in [3.63, 3.8) is 0 Å². The van der Waals surface area contributed by atoms with Crippen molar-refractivity contribution in [1.82, 2.24) is 24.6 Å². The van der Waals surface area contributed by atoms with Crippen LogP contribution in [-0.4, -0.2) is 24.6 Å². The second-order valence-electron chi connectivity index (χ2n) is 5.13. The van der Waals surface area contributed by atoms with Gasteiger partial charge in [0.2, 0.25) is 11.8 Å². The van der Waals surface area contributed by atoms with E-state index in [4.69, 9.17) is 17.3 Å². The highest BCUT2D eigenvalue weighted by Gasteiger charge is 2.18. The maximum Gasteiger partial charge on any atom is 0.223 e. The van der Waals surface area contributed by atoms with Crippen LogP contribution in [0.1, 0.15) is 25.1 Å². The molecule has 3 heterocycles. The lowest BCUT2D eigenvalue weighted by Gasteiger charge is -2.08. The normalized spacial score (nSPS) is 10.9. The molecule has 0 aliphatic rings. The molecule has 0 aliphatic heterocycles. The van der Waals surface area contributed by atoms with Gasteiger partial charge in [0.25, 0.3) is 0 Å². The van der Waals surface area contributed by atoms with E-state index in [2.05, 4.69) is 20.1 Å². The Kier molecular flexibility index (Phi) is 3.54. The van der Waals surface area contributed by atoms with Gasteiger partial charge in [-0.3, -0.25) is 4.98 Å². The van der Waals surface area contributed by atoms with Crippen molar-refractivity contribution < 1.29 is 0 Å². The third kappa shape index (κ3) is 2.31. The molecule has 6 nitrogen and oxygen atoms in total. The van der Waals surface area contributed by atoms with Crippen LogP contribution < -0.4 is 5.73 Å². The predicted octanol–water partition coefficient (Wildman–Crippen LogP) is 3.07. The van der Waals surface area contributed by atoms with Crippen LogP contribution >= 0.6 is 11.6 Å². The molecule has 2 N–H and O–H groups in total. The summed E-state index contributed by atoms with van der Waals surface area (Å²) in [6.07, 6.45) is 1.69. The molecule has 7 heteroatoms. The summed E-state index contributed by atoms with van der Waals surface area (Å²) in [5.74, 6) is 0.753. The van der Waals surface area contributed by atoms with Crippen LogP contribution in [0.2, 0.25) is 0 Å². The predicted molar refractivity (Wildman–Crippen MR) is 87.3 cm³/mol. The molecule has 0 amide bonds. The number of allylic oxidation sites excluding steroid dienone is 1. The van der Waals surface area contributed by atoms with Crippen molar-refractivity contribution in [2.75, 3.05) is 5.73 Å². The molecule has 0 spiro atoms. The zero-order valence-electron chi connectivity index (χ0n) is 12.5. The molecule has 0 aliphatic carbocycles. The van der Waals surface area contributed by atoms with Gasteiger partial charge in [0.1, 0.15) is 5.69 Å². The van der Waals surface area contributed by atoms with Crippen molar-refractivity contribution in [3.8, 4) is 11.5 Å². The first-order valence-electron chi connectivity index (χ1n) is 6.76. The second-order valence-corrected chi connectivity index (χ2v) is 5.51. The summed E-state index contributed by atoms with van der Waals surface area (Å²) < 4.78 is 1.50. The SMILES string of the molecule is CC(C)=C(Cl)c1c(C)nc(N)n2nc(-c3ccccn3)nc12. The first-order valence-corrected chi connectivity index (χ1v) is 7.14. The van der Waals surface area contributed by atoms with Gasteiger partial charge in [0, 0.05) is 6.20 Å². The standard InChI is InChI=1S/C15H15ClN6/c1-8(2)12(16)11-9(3)19-15(17)22-14(11)20-13(21-22)10-6-4-5-7-18-10/h4-7H,1-3H3,(H2,17,19). The zero-order chi connectivity index (χ0) is 15.9. The topological polar surface area (TPSA) is 82.0 Å². The van der Waals surface area contributed by atoms with Crippen LogP contribution in [0.5, 0.6) is 0 Å². The number of pyridine rings is 1. The van der Waals surface area contributed by atoms with E-state index in [1.54, 1.807) is 6.20 Å². The highest BCUT2D eigenvalue weighted by atomic mass is 35.5. The van der Waals surface area contributed by atoms with Crippen LogP contribution in [-0.2, 0) is 0 Å². The van der Waals surface area contributed by atoms with Gasteiger partial charge in [0.05, 0.1) is 16.3 Å². The Balaban J connectivity index is 2.34. The fraction of sp³-hybridized carbons (Fsp3) is 0.200. The molecule has 3 rings (SSSR count). The van der Waals surface area contributed by atoms with Gasteiger partial charge in [-0.1, -0.05) is 23.2 Å². The Morgan fingerprint density at radius 1 is 1.23 bits per heavy atom. The van der Waals surface area contributed by atoms with Crippen LogP contribution in [0.4, 0.5) is 5.95 Å². The van der Waals surface area contributed by atoms with Gasteiger partial charge in [-0.2, -0.15) is 4.52 Å². The van der Waals surface area contributed by atoms with Crippen molar-refractivity contribution >= 4 is 28.2 Å².